The monoisotopic (exact) mass is 234 g/mol. The van der Waals surface area contributed by atoms with Gasteiger partial charge in [0.25, 0.3) is 0 Å². The first-order valence-corrected chi connectivity index (χ1v) is 5.56. The van der Waals surface area contributed by atoms with Crippen molar-refractivity contribution >= 4 is 11.0 Å². The average molecular weight is 234 g/mol. The van der Waals surface area contributed by atoms with Crippen molar-refractivity contribution in [2.24, 2.45) is 0 Å². The summed E-state index contributed by atoms with van der Waals surface area (Å²) in [6.45, 7) is 0. The van der Waals surface area contributed by atoms with Gasteiger partial charge in [-0.05, 0) is 36.4 Å². The summed E-state index contributed by atoms with van der Waals surface area (Å²) in [5.41, 5.74) is 2.65. The Bertz CT molecular complexity index is 745. The second-order valence-corrected chi connectivity index (χ2v) is 3.90. The van der Waals surface area contributed by atoms with Gasteiger partial charge in [0, 0.05) is 28.9 Å². The lowest BCUT2D eigenvalue weighted by Gasteiger charge is -1.93. The van der Waals surface area contributed by atoms with Gasteiger partial charge in [0.1, 0.15) is 11.4 Å². The van der Waals surface area contributed by atoms with Crippen LogP contribution in [0.2, 0.25) is 0 Å². The first kappa shape index (κ1) is 10.4. The molecule has 0 amide bonds. The molecule has 18 heavy (non-hydrogen) atoms. The van der Waals surface area contributed by atoms with Gasteiger partial charge in [-0.25, -0.2) is 4.98 Å². The number of nitrogens with zero attached hydrogens (tertiary/aromatic N) is 1. The van der Waals surface area contributed by atoms with Crippen LogP contribution in [0.5, 0.6) is 5.75 Å². The van der Waals surface area contributed by atoms with Crippen LogP contribution in [-0.4, -0.2) is 15.1 Å². The fourth-order valence-corrected chi connectivity index (χ4v) is 1.75. The molecule has 0 bridgehead atoms. The van der Waals surface area contributed by atoms with E-state index in [0.717, 1.165) is 22.2 Å². The van der Waals surface area contributed by atoms with Crippen molar-refractivity contribution in [2.75, 3.05) is 0 Å². The second kappa shape index (κ2) is 4.27. The zero-order valence-electron chi connectivity index (χ0n) is 9.51. The summed E-state index contributed by atoms with van der Waals surface area (Å²) in [6, 6.07) is 10.7. The highest BCUT2D eigenvalue weighted by atomic mass is 16.3. The minimum atomic E-state index is 0.248. The maximum atomic E-state index is 9.19. The van der Waals surface area contributed by atoms with Gasteiger partial charge in [-0.2, -0.15) is 0 Å². The molecule has 86 valence electrons. The van der Waals surface area contributed by atoms with Crippen LogP contribution in [0.15, 0.2) is 48.8 Å². The van der Waals surface area contributed by atoms with Crippen molar-refractivity contribution < 1.29 is 5.11 Å². The molecule has 0 spiro atoms. The number of H-pyrrole nitrogens is 1. The molecule has 1 aromatic carbocycles. The van der Waals surface area contributed by atoms with Gasteiger partial charge in [-0.3, -0.25) is 0 Å². The van der Waals surface area contributed by atoms with Crippen LogP contribution in [0.25, 0.3) is 11.0 Å². The van der Waals surface area contributed by atoms with Gasteiger partial charge >= 0.3 is 0 Å². The summed E-state index contributed by atoms with van der Waals surface area (Å²) in [5, 5.41) is 10.2. The lowest BCUT2D eigenvalue weighted by Crippen LogP contribution is -1.80. The van der Waals surface area contributed by atoms with Crippen LogP contribution in [0.3, 0.4) is 0 Å². The number of hydrogen-bond donors (Lipinski definition) is 2. The Hall–Kier alpha value is -2.73. The number of pyridine rings is 1. The van der Waals surface area contributed by atoms with Crippen molar-refractivity contribution in [3.8, 4) is 17.6 Å². The standard InChI is InChI=1S/C15H10N2O/c18-13-5-2-11(3-6-13)1-4-12-7-9-16-15-14(12)8-10-17-15/h2-3,5-10,18H,(H,16,17). The van der Waals surface area contributed by atoms with Crippen molar-refractivity contribution in [2.45, 2.75) is 0 Å². The molecule has 3 nitrogen and oxygen atoms in total. The van der Waals surface area contributed by atoms with E-state index in [4.69, 9.17) is 0 Å². The molecule has 0 unspecified atom stereocenters. The van der Waals surface area contributed by atoms with Crippen LogP contribution < -0.4 is 0 Å². The van der Waals surface area contributed by atoms with Crippen LogP contribution in [0, 0.1) is 11.8 Å². The number of rotatable bonds is 0. The molecular weight excluding hydrogens is 224 g/mol. The van der Waals surface area contributed by atoms with E-state index in [1.54, 1.807) is 30.5 Å². The number of hydrogen-bond acceptors (Lipinski definition) is 2. The number of aromatic hydroxyl groups is 1. The maximum absolute atomic E-state index is 9.19. The minimum absolute atomic E-state index is 0.248. The van der Waals surface area contributed by atoms with Crippen LogP contribution in [0.1, 0.15) is 11.1 Å². The van der Waals surface area contributed by atoms with E-state index in [-0.39, 0.29) is 5.75 Å². The van der Waals surface area contributed by atoms with Gasteiger partial charge < -0.3 is 10.1 Å². The molecule has 0 aliphatic rings. The van der Waals surface area contributed by atoms with E-state index in [1.165, 1.54) is 0 Å². The minimum Gasteiger partial charge on any atom is -0.508 e. The summed E-state index contributed by atoms with van der Waals surface area (Å²) in [6.07, 6.45) is 3.59. The second-order valence-electron chi connectivity index (χ2n) is 3.90. The van der Waals surface area contributed by atoms with Crippen LogP contribution in [0.4, 0.5) is 0 Å². The molecule has 3 rings (SSSR count). The molecule has 2 aromatic heterocycles. The van der Waals surface area contributed by atoms with Gasteiger partial charge in [0.2, 0.25) is 0 Å². The van der Waals surface area contributed by atoms with Crippen LogP contribution >= 0.6 is 0 Å². The number of benzene rings is 1. The van der Waals surface area contributed by atoms with Gasteiger partial charge in [0.15, 0.2) is 0 Å². The quantitative estimate of drug-likeness (QED) is 0.587. The largest absolute Gasteiger partial charge is 0.508 e. The van der Waals surface area contributed by atoms with Crippen molar-refractivity contribution in [3.63, 3.8) is 0 Å². The van der Waals surface area contributed by atoms with Gasteiger partial charge in [-0.1, -0.05) is 11.8 Å². The summed E-state index contributed by atoms with van der Waals surface area (Å²) in [4.78, 5) is 7.27. The molecule has 2 heterocycles. The fraction of sp³-hybridized carbons (Fsp3) is 0. The molecule has 2 N–H and O–H groups in total. The SMILES string of the molecule is Oc1ccc(C#Cc2ccnc3[nH]ccc23)cc1. The van der Waals surface area contributed by atoms with E-state index in [0.29, 0.717) is 0 Å². The van der Waals surface area contributed by atoms with E-state index in [9.17, 15) is 5.11 Å². The first-order chi connectivity index (χ1) is 8.83. The van der Waals surface area contributed by atoms with Crippen molar-refractivity contribution in [3.05, 3.63) is 59.9 Å². The number of phenolic OH excluding ortho intramolecular Hbond substituents is 1. The first-order valence-electron chi connectivity index (χ1n) is 5.56. The highest BCUT2D eigenvalue weighted by Crippen LogP contribution is 2.14. The summed E-state index contributed by atoms with van der Waals surface area (Å²) in [7, 11) is 0. The van der Waals surface area contributed by atoms with Gasteiger partial charge in [-0.15, -0.1) is 0 Å². The van der Waals surface area contributed by atoms with E-state index in [2.05, 4.69) is 21.8 Å². The third kappa shape index (κ3) is 1.92. The fourth-order valence-electron chi connectivity index (χ4n) is 1.75. The topological polar surface area (TPSA) is 48.9 Å². The van der Waals surface area contributed by atoms with E-state index in [1.807, 2.05) is 18.3 Å². The number of phenols is 1. The Labute approximate surface area is 104 Å². The summed E-state index contributed by atoms with van der Waals surface area (Å²) >= 11 is 0. The number of aromatic amines is 1. The molecule has 3 aromatic rings. The molecule has 0 fully saturated rings. The lowest BCUT2D eigenvalue weighted by molar-refractivity contribution is 0.475. The van der Waals surface area contributed by atoms with E-state index >= 15 is 0 Å². The predicted octanol–water partition coefficient (Wildman–Crippen LogP) is 2.67. The molecular formula is C15H10N2O. The Morgan fingerprint density at radius 2 is 1.83 bits per heavy atom. The highest BCUT2D eigenvalue weighted by molar-refractivity contribution is 5.82. The number of fused-ring (bicyclic) bond motifs is 1. The van der Waals surface area contributed by atoms with Crippen molar-refractivity contribution in [1.29, 1.82) is 0 Å². The zero-order chi connectivity index (χ0) is 12.4. The Balaban J connectivity index is 2.02. The third-order valence-corrected chi connectivity index (χ3v) is 2.67. The highest BCUT2D eigenvalue weighted by Gasteiger charge is 1.99. The van der Waals surface area contributed by atoms with Gasteiger partial charge in [0.05, 0.1) is 0 Å². The third-order valence-electron chi connectivity index (χ3n) is 2.67. The molecule has 0 aliphatic heterocycles. The zero-order valence-corrected chi connectivity index (χ0v) is 9.51. The van der Waals surface area contributed by atoms with Crippen molar-refractivity contribution in [1.82, 2.24) is 9.97 Å². The molecule has 0 atom stereocenters. The average Bonchev–Trinajstić information content (AvgIpc) is 2.87. The Morgan fingerprint density at radius 3 is 2.67 bits per heavy atom. The molecule has 0 radical (unpaired) electrons. The smallest absolute Gasteiger partial charge is 0.138 e. The molecule has 0 saturated heterocycles. The normalized spacial score (nSPS) is 10.0. The Kier molecular flexibility index (Phi) is 2.47. The maximum Gasteiger partial charge on any atom is 0.138 e. The molecule has 0 saturated carbocycles. The summed E-state index contributed by atoms with van der Waals surface area (Å²) < 4.78 is 0. The number of nitrogens with one attached hydrogen (secondary N) is 1. The van der Waals surface area contributed by atoms with Crippen LogP contribution in [-0.2, 0) is 0 Å². The number of aromatic nitrogens is 2. The lowest BCUT2D eigenvalue weighted by atomic mass is 10.1. The Morgan fingerprint density at radius 1 is 1.00 bits per heavy atom. The molecule has 0 aliphatic carbocycles. The summed E-state index contributed by atoms with van der Waals surface area (Å²) in [5.74, 6) is 6.43. The van der Waals surface area contributed by atoms with E-state index < -0.39 is 0 Å². The molecule has 3 heteroatoms. The predicted molar refractivity (Wildman–Crippen MR) is 70.2 cm³/mol.